The van der Waals surface area contributed by atoms with Crippen LogP contribution in [0.25, 0.3) is 6.08 Å². The summed E-state index contributed by atoms with van der Waals surface area (Å²) in [6.07, 6.45) is 3.80. The Balaban J connectivity index is 1.93. The van der Waals surface area contributed by atoms with Gasteiger partial charge in [0.05, 0.1) is 9.70 Å². The topological polar surface area (TPSA) is 57.6 Å². The second-order valence-electron chi connectivity index (χ2n) is 4.08. The summed E-state index contributed by atoms with van der Waals surface area (Å²) in [7, 11) is 0. The van der Waals surface area contributed by atoms with E-state index in [1.165, 1.54) is 6.08 Å². The van der Waals surface area contributed by atoms with Gasteiger partial charge in [-0.2, -0.15) is 0 Å². The van der Waals surface area contributed by atoms with Crippen molar-refractivity contribution in [2.45, 2.75) is 6.42 Å². The summed E-state index contributed by atoms with van der Waals surface area (Å²) in [5.74, 6) is -1.36. The Hall–Kier alpha value is -1.14. The molecule has 0 radical (unpaired) electrons. The Morgan fingerprint density at radius 1 is 1.50 bits per heavy atom. The van der Waals surface area contributed by atoms with Gasteiger partial charge in [-0.1, -0.05) is 0 Å². The third kappa shape index (κ3) is 3.20. The van der Waals surface area contributed by atoms with Gasteiger partial charge in [-0.15, -0.1) is 11.3 Å². The maximum Gasteiger partial charge on any atom is 0.308 e. The van der Waals surface area contributed by atoms with Crippen molar-refractivity contribution in [3.63, 3.8) is 0 Å². The van der Waals surface area contributed by atoms with Crippen LogP contribution in [0.5, 0.6) is 0 Å². The molecule has 2 rings (SSSR count). The maximum atomic E-state index is 11.8. The van der Waals surface area contributed by atoms with Crippen LogP contribution in [0.4, 0.5) is 0 Å². The van der Waals surface area contributed by atoms with Crippen LogP contribution in [0.3, 0.4) is 0 Å². The highest BCUT2D eigenvalue weighted by atomic mass is 79.9. The largest absolute Gasteiger partial charge is 0.481 e. The van der Waals surface area contributed by atoms with Crippen molar-refractivity contribution in [2.24, 2.45) is 5.92 Å². The van der Waals surface area contributed by atoms with Crippen LogP contribution in [-0.4, -0.2) is 35.0 Å². The number of thiophene rings is 1. The Morgan fingerprint density at radius 3 is 2.83 bits per heavy atom. The zero-order valence-electron chi connectivity index (χ0n) is 9.51. The molecule has 1 aromatic rings. The first-order valence-corrected chi connectivity index (χ1v) is 7.12. The normalized spacial score (nSPS) is 19.6. The average Bonchev–Trinajstić information content (AvgIpc) is 2.94. The highest BCUT2D eigenvalue weighted by Gasteiger charge is 2.29. The molecule has 1 N–H and O–H groups in total. The fourth-order valence-electron chi connectivity index (χ4n) is 1.84. The number of aliphatic carboxylic acids is 1. The van der Waals surface area contributed by atoms with Crippen LogP contribution in [0.15, 0.2) is 22.0 Å². The van der Waals surface area contributed by atoms with E-state index in [0.29, 0.717) is 19.5 Å². The molecule has 0 saturated carbocycles. The van der Waals surface area contributed by atoms with Gasteiger partial charge in [0, 0.05) is 24.0 Å². The number of amides is 1. The summed E-state index contributed by atoms with van der Waals surface area (Å²) in [5.41, 5.74) is 0. The summed E-state index contributed by atoms with van der Waals surface area (Å²) in [4.78, 5) is 25.2. The highest BCUT2D eigenvalue weighted by Crippen LogP contribution is 2.23. The number of carboxylic acids is 1. The molecule has 0 unspecified atom stereocenters. The van der Waals surface area contributed by atoms with E-state index in [-0.39, 0.29) is 5.91 Å². The van der Waals surface area contributed by atoms with Crippen LogP contribution >= 0.6 is 27.3 Å². The van der Waals surface area contributed by atoms with Gasteiger partial charge in [-0.3, -0.25) is 9.59 Å². The molecule has 0 bridgehead atoms. The van der Waals surface area contributed by atoms with Gasteiger partial charge < -0.3 is 10.0 Å². The molecular weight excluding hydrogens is 318 g/mol. The Bertz CT molecular complexity index is 497. The van der Waals surface area contributed by atoms with Crippen LogP contribution in [-0.2, 0) is 9.59 Å². The average molecular weight is 330 g/mol. The lowest BCUT2D eigenvalue weighted by Crippen LogP contribution is -2.28. The fraction of sp³-hybridized carbons (Fsp3) is 0.333. The molecule has 0 spiro atoms. The lowest BCUT2D eigenvalue weighted by molar-refractivity contribution is -0.141. The SMILES string of the molecule is O=C(O)[C@H]1CCN(C(=O)/C=C\c2ccc(Br)s2)C1. The molecule has 0 aliphatic carbocycles. The van der Waals surface area contributed by atoms with E-state index in [1.54, 1.807) is 22.3 Å². The van der Waals surface area contributed by atoms with Crippen LogP contribution in [0.2, 0.25) is 0 Å². The van der Waals surface area contributed by atoms with Gasteiger partial charge in [0.25, 0.3) is 0 Å². The number of carbonyl (C=O) groups is 2. The molecule has 1 saturated heterocycles. The maximum absolute atomic E-state index is 11.8. The first-order valence-electron chi connectivity index (χ1n) is 5.51. The summed E-state index contributed by atoms with van der Waals surface area (Å²) in [6, 6.07) is 3.84. The van der Waals surface area contributed by atoms with Crippen LogP contribution in [0.1, 0.15) is 11.3 Å². The molecule has 1 aliphatic heterocycles. The monoisotopic (exact) mass is 329 g/mol. The highest BCUT2D eigenvalue weighted by molar-refractivity contribution is 9.11. The number of rotatable bonds is 3. The number of carboxylic acid groups (broad SMARTS) is 1. The van der Waals surface area contributed by atoms with E-state index in [4.69, 9.17) is 5.11 Å². The summed E-state index contributed by atoms with van der Waals surface area (Å²) >= 11 is 4.90. The van der Waals surface area contributed by atoms with Crippen molar-refractivity contribution >= 4 is 45.2 Å². The van der Waals surface area contributed by atoms with Gasteiger partial charge in [-0.05, 0) is 40.6 Å². The fourth-order valence-corrected chi connectivity index (χ4v) is 3.17. The van der Waals surface area contributed by atoms with E-state index in [9.17, 15) is 9.59 Å². The predicted octanol–water partition coefficient (Wildman–Crippen LogP) is 2.46. The third-order valence-corrected chi connectivity index (χ3v) is 4.42. The molecular formula is C12H12BrNO3S. The lowest BCUT2D eigenvalue weighted by Gasteiger charge is -2.12. The molecule has 18 heavy (non-hydrogen) atoms. The number of hydrogen-bond acceptors (Lipinski definition) is 3. The molecule has 96 valence electrons. The lowest BCUT2D eigenvalue weighted by atomic mass is 10.1. The van der Waals surface area contributed by atoms with Gasteiger partial charge in [0.1, 0.15) is 0 Å². The first-order chi connectivity index (χ1) is 8.56. The van der Waals surface area contributed by atoms with Crippen LogP contribution in [0, 0.1) is 5.92 Å². The predicted molar refractivity (Wildman–Crippen MR) is 73.4 cm³/mol. The molecule has 1 aliphatic rings. The minimum atomic E-state index is -0.823. The van der Waals surface area contributed by atoms with Gasteiger partial charge in [-0.25, -0.2) is 0 Å². The van der Waals surface area contributed by atoms with E-state index in [1.807, 2.05) is 12.1 Å². The van der Waals surface area contributed by atoms with Crippen molar-refractivity contribution in [3.05, 3.63) is 26.9 Å². The number of likely N-dealkylation sites (tertiary alicyclic amines) is 1. The van der Waals surface area contributed by atoms with Crippen molar-refractivity contribution in [1.29, 1.82) is 0 Å². The Morgan fingerprint density at radius 2 is 2.28 bits per heavy atom. The standard InChI is InChI=1S/C12H12BrNO3S/c13-10-3-1-9(18-10)2-4-11(15)14-6-5-8(7-14)12(16)17/h1-4,8H,5-7H2,(H,16,17)/b4-2-/t8-/m0/s1. The molecule has 6 heteroatoms. The van der Waals surface area contributed by atoms with E-state index >= 15 is 0 Å². The zero-order chi connectivity index (χ0) is 13.1. The smallest absolute Gasteiger partial charge is 0.308 e. The third-order valence-electron chi connectivity index (χ3n) is 2.83. The summed E-state index contributed by atoms with van der Waals surface area (Å²) in [5, 5.41) is 8.86. The Kier molecular flexibility index (Phi) is 4.19. The molecule has 2 heterocycles. The number of nitrogens with zero attached hydrogens (tertiary/aromatic N) is 1. The quantitative estimate of drug-likeness (QED) is 0.866. The molecule has 1 atom stereocenters. The van der Waals surface area contributed by atoms with E-state index in [0.717, 1.165) is 8.66 Å². The number of hydrogen-bond donors (Lipinski definition) is 1. The second kappa shape index (κ2) is 5.67. The first kappa shape index (κ1) is 13.3. The zero-order valence-corrected chi connectivity index (χ0v) is 11.9. The number of carbonyl (C=O) groups excluding carboxylic acids is 1. The molecule has 1 amide bonds. The van der Waals surface area contributed by atoms with E-state index < -0.39 is 11.9 Å². The van der Waals surface area contributed by atoms with Gasteiger partial charge in [0.2, 0.25) is 5.91 Å². The molecule has 4 nitrogen and oxygen atoms in total. The van der Waals surface area contributed by atoms with Crippen LogP contribution < -0.4 is 0 Å². The van der Waals surface area contributed by atoms with Gasteiger partial charge in [0.15, 0.2) is 0 Å². The number of halogens is 1. The van der Waals surface area contributed by atoms with E-state index in [2.05, 4.69) is 15.9 Å². The second-order valence-corrected chi connectivity index (χ2v) is 6.58. The van der Waals surface area contributed by atoms with Crippen molar-refractivity contribution in [1.82, 2.24) is 4.90 Å². The van der Waals surface area contributed by atoms with Crippen molar-refractivity contribution in [2.75, 3.05) is 13.1 Å². The minimum Gasteiger partial charge on any atom is -0.481 e. The minimum absolute atomic E-state index is 0.122. The Labute approximate surface area is 117 Å². The summed E-state index contributed by atoms with van der Waals surface area (Å²) < 4.78 is 1.02. The molecule has 1 fully saturated rings. The molecule has 1 aromatic heterocycles. The molecule has 0 aromatic carbocycles. The summed E-state index contributed by atoms with van der Waals surface area (Å²) in [6.45, 7) is 0.834. The van der Waals surface area contributed by atoms with Crippen molar-refractivity contribution < 1.29 is 14.7 Å². The van der Waals surface area contributed by atoms with Gasteiger partial charge >= 0.3 is 5.97 Å². The van der Waals surface area contributed by atoms with Crippen molar-refractivity contribution in [3.8, 4) is 0 Å².